The fourth-order valence-electron chi connectivity index (χ4n) is 5.01. The van der Waals surface area contributed by atoms with Gasteiger partial charge in [0.05, 0.1) is 23.3 Å². The van der Waals surface area contributed by atoms with Crippen molar-refractivity contribution in [3.63, 3.8) is 0 Å². The molecule has 0 aliphatic heterocycles. The number of hydrogen-bond acceptors (Lipinski definition) is 3. The lowest BCUT2D eigenvalue weighted by molar-refractivity contribution is -0.143. The van der Waals surface area contributed by atoms with Crippen LogP contribution in [0, 0.1) is 17.7 Å². The van der Waals surface area contributed by atoms with Gasteiger partial charge in [-0.2, -0.15) is 26.3 Å². The van der Waals surface area contributed by atoms with Crippen LogP contribution in [0.4, 0.5) is 35.5 Å². The Hall–Kier alpha value is -2.86. The maximum Gasteiger partial charge on any atom is 0.416 e. The number of rotatable bonds is 7. The summed E-state index contributed by atoms with van der Waals surface area (Å²) >= 11 is 0. The number of aliphatic hydroxyl groups is 1. The van der Waals surface area contributed by atoms with E-state index >= 15 is 0 Å². The number of aliphatic hydroxyl groups excluding tert-OH is 1. The Morgan fingerprint density at radius 3 is 2.11 bits per heavy atom. The molecule has 3 rings (SSSR count). The van der Waals surface area contributed by atoms with E-state index in [9.17, 15) is 40.6 Å². The normalized spacial score (nSPS) is 23.1. The predicted octanol–water partition coefficient (Wildman–Crippen LogP) is 6.04. The van der Waals surface area contributed by atoms with Crippen LogP contribution in [0.3, 0.4) is 0 Å². The van der Waals surface area contributed by atoms with Gasteiger partial charge in [0.25, 0.3) is 0 Å². The SMILES string of the molecule is CNC(=O)NC[C@@H]1[C@@H](CO)CC[C@H](O[C@H](C)c2cc(C(F)(F)F)cc(C(F)(F)F)c2)[C@H]1c1ccc(F)cc1. The fourth-order valence-corrected chi connectivity index (χ4v) is 5.01. The minimum atomic E-state index is -5.00. The predicted molar refractivity (Wildman–Crippen MR) is 125 cm³/mol. The van der Waals surface area contributed by atoms with Gasteiger partial charge in [0, 0.05) is 26.1 Å². The number of halogens is 7. The lowest BCUT2D eigenvalue weighted by Crippen LogP contribution is -2.46. The first-order valence-electron chi connectivity index (χ1n) is 12.0. The molecule has 1 fully saturated rings. The Labute approximate surface area is 215 Å². The van der Waals surface area contributed by atoms with Gasteiger partial charge in [-0.1, -0.05) is 12.1 Å². The smallest absolute Gasteiger partial charge is 0.396 e. The number of hydrogen-bond donors (Lipinski definition) is 3. The molecule has 2 amide bonds. The molecular weight excluding hydrogens is 521 g/mol. The molecule has 38 heavy (non-hydrogen) atoms. The van der Waals surface area contributed by atoms with Crippen molar-refractivity contribution in [2.75, 3.05) is 20.2 Å². The van der Waals surface area contributed by atoms with Gasteiger partial charge in [-0.25, -0.2) is 9.18 Å². The maximum absolute atomic E-state index is 13.7. The molecule has 0 radical (unpaired) electrons. The van der Waals surface area contributed by atoms with E-state index in [2.05, 4.69) is 10.6 Å². The van der Waals surface area contributed by atoms with E-state index in [1.54, 1.807) is 0 Å². The Morgan fingerprint density at radius 1 is 1.03 bits per heavy atom. The third-order valence-corrected chi connectivity index (χ3v) is 6.96. The van der Waals surface area contributed by atoms with Crippen LogP contribution in [0.5, 0.6) is 0 Å². The highest BCUT2D eigenvalue weighted by molar-refractivity contribution is 5.73. The Balaban J connectivity index is 1.99. The van der Waals surface area contributed by atoms with Gasteiger partial charge in [-0.05, 0) is 73.1 Å². The first-order chi connectivity index (χ1) is 17.7. The van der Waals surface area contributed by atoms with E-state index < -0.39 is 59.4 Å². The molecule has 5 atom stereocenters. The summed E-state index contributed by atoms with van der Waals surface area (Å²) in [5, 5.41) is 15.1. The molecule has 0 spiro atoms. The highest BCUT2D eigenvalue weighted by Crippen LogP contribution is 2.45. The first kappa shape index (κ1) is 29.7. The average molecular weight is 551 g/mol. The third-order valence-electron chi connectivity index (χ3n) is 6.96. The third kappa shape index (κ3) is 7.16. The number of ether oxygens (including phenoxy) is 1. The van der Waals surface area contributed by atoms with Crippen molar-refractivity contribution in [1.82, 2.24) is 10.6 Å². The molecule has 1 aliphatic carbocycles. The summed E-state index contributed by atoms with van der Waals surface area (Å²) in [5.41, 5.74) is -2.58. The molecule has 1 aliphatic rings. The summed E-state index contributed by atoms with van der Waals surface area (Å²) in [4.78, 5) is 11.9. The molecule has 210 valence electrons. The summed E-state index contributed by atoms with van der Waals surface area (Å²) in [6, 6.07) is 6.34. The van der Waals surface area contributed by atoms with Gasteiger partial charge in [-0.3, -0.25) is 0 Å². The molecule has 3 N–H and O–H groups in total. The van der Waals surface area contributed by atoms with E-state index in [0.717, 1.165) is 0 Å². The van der Waals surface area contributed by atoms with Crippen LogP contribution in [0.1, 0.15) is 54.0 Å². The van der Waals surface area contributed by atoms with Gasteiger partial charge in [0.2, 0.25) is 0 Å². The van der Waals surface area contributed by atoms with Crippen LogP contribution in [-0.2, 0) is 17.1 Å². The topological polar surface area (TPSA) is 70.6 Å². The van der Waals surface area contributed by atoms with Crippen molar-refractivity contribution in [3.05, 3.63) is 70.5 Å². The standard InChI is InChI=1S/C26H29F7N2O3/c1-14(17-9-18(25(28,29)30)11-19(10-17)26(31,32)33)38-22-8-5-16(13-36)21(12-35-24(37)34-2)23(22)15-3-6-20(27)7-4-15/h3-4,6-7,9-11,14,16,21-23,36H,5,8,12-13H2,1-2H3,(H2,34,35,37)/t14-,16-,21-,22+,23+/m1/s1. The monoisotopic (exact) mass is 550 g/mol. The molecule has 2 aromatic rings. The van der Waals surface area contributed by atoms with Crippen molar-refractivity contribution >= 4 is 6.03 Å². The van der Waals surface area contributed by atoms with Crippen LogP contribution >= 0.6 is 0 Å². The summed E-state index contributed by atoms with van der Waals surface area (Å²) in [5.74, 6) is -1.75. The van der Waals surface area contributed by atoms with Gasteiger partial charge >= 0.3 is 18.4 Å². The number of alkyl halides is 6. The Kier molecular flexibility index (Phi) is 9.30. The molecule has 1 saturated carbocycles. The van der Waals surface area contributed by atoms with E-state index in [4.69, 9.17) is 4.74 Å². The summed E-state index contributed by atoms with van der Waals surface area (Å²) in [6.45, 7) is 1.25. The largest absolute Gasteiger partial charge is 0.416 e. The van der Waals surface area contributed by atoms with Crippen molar-refractivity contribution in [2.45, 2.75) is 50.2 Å². The van der Waals surface area contributed by atoms with Crippen LogP contribution in [0.25, 0.3) is 0 Å². The molecule has 2 aromatic carbocycles. The average Bonchev–Trinajstić information content (AvgIpc) is 2.86. The first-order valence-corrected chi connectivity index (χ1v) is 12.0. The second-order valence-electron chi connectivity index (χ2n) is 9.38. The molecule has 5 nitrogen and oxygen atoms in total. The number of nitrogens with one attached hydrogen (secondary N) is 2. The van der Waals surface area contributed by atoms with Gasteiger partial charge in [0.1, 0.15) is 5.82 Å². The zero-order chi connectivity index (χ0) is 28.3. The highest BCUT2D eigenvalue weighted by atomic mass is 19.4. The number of carbonyl (C=O) groups is 1. The zero-order valence-electron chi connectivity index (χ0n) is 20.7. The fraction of sp³-hybridized carbons (Fsp3) is 0.500. The number of amides is 2. The summed E-state index contributed by atoms with van der Waals surface area (Å²) in [6.07, 6.45) is -11.1. The van der Waals surface area contributed by atoms with Crippen LogP contribution < -0.4 is 10.6 Å². The number of urea groups is 1. The molecule has 0 bridgehead atoms. The van der Waals surface area contributed by atoms with Crippen molar-refractivity contribution in [1.29, 1.82) is 0 Å². The summed E-state index contributed by atoms with van der Waals surface area (Å²) < 4.78 is 100. The Morgan fingerprint density at radius 2 is 1.61 bits per heavy atom. The van der Waals surface area contributed by atoms with E-state index in [-0.39, 0.29) is 30.7 Å². The minimum Gasteiger partial charge on any atom is -0.396 e. The lowest BCUT2D eigenvalue weighted by Gasteiger charge is -2.44. The number of carbonyl (C=O) groups excluding carboxylic acids is 1. The van der Waals surface area contributed by atoms with Crippen molar-refractivity contribution < 1.29 is 45.4 Å². The van der Waals surface area contributed by atoms with E-state index in [0.29, 0.717) is 30.5 Å². The summed E-state index contributed by atoms with van der Waals surface area (Å²) in [7, 11) is 1.43. The van der Waals surface area contributed by atoms with Crippen LogP contribution in [-0.4, -0.2) is 37.4 Å². The second-order valence-corrected chi connectivity index (χ2v) is 9.38. The van der Waals surface area contributed by atoms with E-state index in [1.807, 2.05) is 0 Å². The minimum absolute atomic E-state index is 0.0600. The second kappa shape index (κ2) is 11.9. The van der Waals surface area contributed by atoms with Gasteiger partial charge < -0.3 is 20.5 Å². The molecule has 0 unspecified atom stereocenters. The molecule has 0 saturated heterocycles. The number of benzene rings is 2. The molecular formula is C26H29F7N2O3. The van der Waals surface area contributed by atoms with Crippen LogP contribution in [0.15, 0.2) is 42.5 Å². The maximum atomic E-state index is 13.7. The Bertz CT molecular complexity index is 1060. The van der Waals surface area contributed by atoms with Gasteiger partial charge in [0.15, 0.2) is 0 Å². The quantitative estimate of drug-likeness (QED) is 0.368. The lowest BCUT2D eigenvalue weighted by atomic mass is 9.68. The molecule has 12 heteroatoms. The van der Waals surface area contributed by atoms with E-state index in [1.165, 1.54) is 38.2 Å². The van der Waals surface area contributed by atoms with Gasteiger partial charge in [-0.15, -0.1) is 0 Å². The molecule has 0 heterocycles. The highest BCUT2D eigenvalue weighted by Gasteiger charge is 2.42. The molecule has 0 aromatic heterocycles. The zero-order valence-corrected chi connectivity index (χ0v) is 20.7. The van der Waals surface area contributed by atoms with Crippen LogP contribution in [0.2, 0.25) is 0 Å². The van der Waals surface area contributed by atoms with Crippen molar-refractivity contribution in [3.8, 4) is 0 Å². The van der Waals surface area contributed by atoms with Crippen molar-refractivity contribution in [2.24, 2.45) is 11.8 Å².